The standard InChI is InChI=1S/C21H18F3N3O3S/c1-12(28)26-10-15-11-27(20(29)30-15)21(19-25-5-6-31-19)8-16(23)18(17(24)9-21)13-3-2-4-14(22)7-13/h2-9,15,18H,10-11H2,1H3,(H,26,28)/t15-,18?,21?/m0/s1. The number of hydrogen-bond acceptors (Lipinski definition) is 5. The van der Waals surface area contributed by atoms with Crippen molar-refractivity contribution in [2.24, 2.45) is 0 Å². The number of halogens is 3. The van der Waals surface area contributed by atoms with Gasteiger partial charge in [-0.2, -0.15) is 0 Å². The van der Waals surface area contributed by atoms with Gasteiger partial charge < -0.3 is 10.1 Å². The van der Waals surface area contributed by atoms with E-state index in [0.717, 1.165) is 29.6 Å². The Morgan fingerprint density at radius 1 is 1.32 bits per heavy atom. The number of amides is 2. The van der Waals surface area contributed by atoms with Gasteiger partial charge >= 0.3 is 6.09 Å². The molecule has 0 unspecified atom stereocenters. The van der Waals surface area contributed by atoms with Crippen molar-refractivity contribution < 1.29 is 27.5 Å². The number of aromatic nitrogens is 1. The number of carbonyl (C=O) groups is 2. The van der Waals surface area contributed by atoms with Crippen molar-refractivity contribution in [1.29, 1.82) is 0 Å². The molecule has 4 rings (SSSR count). The third kappa shape index (κ3) is 3.95. The van der Waals surface area contributed by atoms with Gasteiger partial charge in [0.25, 0.3) is 0 Å². The second kappa shape index (κ2) is 8.18. The van der Waals surface area contributed by atoms with Gasteiger partial charge in [-0.15, -0.1) is 11.3 Å². The SMILES string of the molecule is CC(=O)NC[C@H]1CN(C2(c3nccs3)C=C(F)C(c3cccc(F)c3)C(F)=C2)C(=O)O1. The minimum atomic E-state index is -1.64. The Morgan fingerprint density at radius 2 is 2.06 bits per heavy atom. The fourth-order valence-electron chi connectivity index (χ4n) is 3.77. The number of benzene rings is 1. The first kappa shape index (κ1) is 21.1. The molecular formula is C21H18F3N3O3S. The summed E-state index contributed by atoms with van der Waals surface area (Å²) >= 11 is 1.13. The van der Waals surface area contributed by atoms with Crippen LogP contribution in [0.15, 0.2) is 59.6 Å². The number of rotatable bonds is 5. The van der Waals surface area contributed by atoms with Crippen LogP contribution in [0.5, 0.6) is 0 Å². The van der Waals surface area contributed by atoms with E-state index in [1.165, 1.54) is 36.2 Å². The Kier molecular flexibility index (Phi) is 5.57. The molecule has 1 fully saturated rings. The summed E-state index contributed by atoms with van der Waals surface area (Å²) in [4.78, 5) is 29.2. The lowest BCUT2D eigenvalue weighted by atomic mass is 9.83. The number of thiazole rings is 1. The molecule has 2 aliphatic rings. The number of allylic oxidation sites excluding steroid dienone is 2. The van der Waals surface area contributed by atoms with Crippen LogP contribution < -0.4 is 5.32 Å². The normalized spacial score (nSPS) is 25.7. The van der Waals surface area contributed by atoms with E-state index in [1.807, 2.05) is 0 Å². The highest BCUT2D eigenvalue weighted by Gasteiger charge is 2.50. The third-order valence-electron chi connectivity index (χ3n) is 5.12. The molecule has 2 amide bonds. The Morgan fingerprint density at radius 3 is 2.68 bits per heavy atom. The van der Waals surface area contributed by atoms with E-state index in [4.69, 9.17) is 4.74 Å². The summed E-state index contributed by atoms with van der Waals surface area (Å²) in [6.45, 7) is 1.38. The molecule has 1 aromatic heterocycles. The average Bonchev–Trinajstić information content (AvgIpc) is 3.36. The molecule has 0 spiro atoms. The van der Waals surface area contributed by atoms with Crippen molar-refractivity contribution in [1.82, 2.24) is 15.2 Å². The second-order valence-corrected chi connectivity index (χ2v) is 8.16. The van der Waals surface area contributed by atoms with E-state index >= 15 is 8.78 Å². The summed E-state index contributed by atoms with van der Waals surface area (Å²) in [6, 6.07) is 5.05. The van der Waals surface area contributed by atoms with Gasteiger partial charge in [0, 0.05) is 18.5 Å². The van der Waals surface area contributed by atoms with Gasteiger partial charge in [0.05, 0.1) is 19.0 Å². The van der Waals surface area contributed by atoms with Gasteiger partial charge in [0.1, 0.15) is 34.1 Å². The summed E-state index contributed by atoms with van der Waals surface area (Å²) in [5, 5.41) is 4.46. The maximum Gasteiger partial charge on any atom is 0.411 e. The molecule has 31 heavy (non-hydrogen) atoms. The van der Waals surface area contributed by atoms with Gasteiger partial charge in [-0.1, -0.05) is 12.1 Å². The smallest absolute Gasteiger partial charge is 0.411 e. The van der Waals surface area contributed by atoms with Crippen LogP contribution in [0, 0.1) is 5.82 Å². The van der Waals surface area contributed by atoms with Crippen LogP contribution in [0.1, 0.15) is 23.4 Å². The Bertz CT molecular complexity index is 1050. The first-order chi connectivity index (χ1) is 14.8. The molecule has 0 radical (unpaired) electrons. The maximum absolute atomic E-state index is 15.3. The predicted octanol–water partition coefficient (Wildman–Crippen LogP) is 3.94. The lowest BCUT2D eigenvalue weighted by Gasteiger charge is -2.37. The second-order valence-electron chi connectivity index (χ2n) is 7.26. The minimum Gasteiger partial charge on any atom is -0.442 e. The number of carbonyl (C=O) groups excluding carboxylic acids is 2. The van der Waals surface area contributed by atoms with Crippen LogP contribution in [0.3, 0.4) is 0 Å². The zero-order valence-corrected chi connectivity index (χ0v) is 17.2. The molecule has 0 bridgehead atoms. The molecule has 1 N–H and O–H groups in total. The molecule has 0 saturated carbocycles. The molecule has 1 aliphatic carbocycles. The van der Waals surface area contributed by atoms with E-state index in [1.54, 1.807) is 5.38 Å². The van der Waals surface area contributed by atoms with E-state index in [-0.39, 0.29) is 29.6 Å². The molecule has 1 aromatic carbocycles. The molecular weight excluding hydrogens is 431 g/mol. The van der Waals surface area contributed by atoms with Crippen LogP contribution in [-0.2, 0) is 15.1 Å². The third-order valence-corrected chi connectivity index (χ3v) is 6.04. The summed E-state index contributed by atoms with van der Waals surface area (Å²) in [5.41, 5.74) is -1.53. The molecule has 6 nitrogen and oxygen atoms in total. The van der Waals surface area contributed by atoms with E-state index in [2.05, 4.69) is 10.3 Å². The molecule has 1 aliphatic heterocycles. The monoisotopic (exact) mass is 449 g/mol. The number of hydrogen-bond donors (Lipinski definition) is 1. The van der Waals surface area contributed by atoms with Crippen molar-refractivity contribution in [3.8, 4) is 0 Å². The largest absolute Gasteiger partial charge is 0.442 e. The highest BCUT2D eigenvalue weighted by atomic mass is 32.1. The van der Waals surface area contributed by atoms with E-state index in [9.17, 15) is 14.0 Å². The zero-order valence-electron chi connectivity index (χ0n) is 16.3. The molecule has 10 heteroatoms. The molecule has 2 aromatic rings. The van der Waals surface area contributed by atoms with Gasteiger partial charge in [-0.25, -0.2) is 22.9 Å². The number of nitrogens with zero attached hydrogens (tertiary/aromatic N) is 2. The average molecular weight is 449 g/mol. The summed E-state index contributed by atoms with van der Waals surface area (Å²) in [6.07, 6.45) is 2.22. The maximum atomic E-state index is 15.3. The number of ether oxygens (including phenoxy) is 1. The lowest BCUT2D eigenvalue weighted by Crippen LogP contribution is -2.46. The first-order valence-corrected chi connectivity index (χ1v) is 10.3. The van der Waals surface area contributed by atoms with Crippen molar-refractivity contribution in [3.63, 3.8) is 0 Å². The zero-order chi connectivity index (χ0) is 22.2. The predicted molar refractivity (Wildman–Crippen MR) is 107 cm³/mol. The van der Waals surface area contributed by atoms with Crippen molar-refractivity contribution >= 4 is 23.3 Å². The topological polar surface area (TPSA) is 71.5 Å². The quantitative estimate of drug-likeness (QED) is 0.751. The van der Waals surface area contributed by atoms with Gasteiger partial charge in [0.15, 0.2) is 0 Å². The fraction of sp³-hybridized carbons (Fsp3) is 0.286. The summed E-state index contributed by atoms with van der Waals surface area (Å²) < 4.78 is 49.6. The van der Waals surface area contributed by atoms with Crippen LogP contribution in [0.2, 0.25) is 0 Å². The number of cyclic esters (lactones) is 1. The number of nitrogens with one attached hydrogen (secondary N) is 1. The van der Waals surface area contributed by atoms with E-state index in [0.29, 0.717) is 0 Å². The van der Waals surface area contributed by atoms with Crippen molar-refractivity contribution in [2.75, 3.05) is 13.1 Å². The van der Waals surface area contributed by atoms with Crippen LogP contribution in [-0.4, -0.2) is 41.1 Å². The Labute approximate surface area is 180 Å². The molecule has 2 heterocycles. The molecule has 1 atom stereocenters. The summed E-state index contributed by atoms with van der Waals surface area (Å²) in [5.74, 6) is -4.08. The molecule has 1 saturated heterocycles. The fourth-order valence-corrected chi connectivity index (χ4v) is 4.56. The Hall–Kier alpha value is -3.14. The van der Waals surface area contributed by atoms with Gasteiger partial charge in [-0.3, -0.25) is 9.69 Å². The first-order valence-electron chi connectivity index (χ1n) is 9.45. The van der Waals surface area contributed by atoms with Crippen molar-refractivity contribution in [3.05, 3.63) is 76.0 Å². The molecule has 162 valence electrons. The van der Waals surface area contributed by atoms with Crippen LogP contribution >= 0.6 is 11.3 Å². The lowest BCUT2D eigenvalue weighted by molar-refractivity contribution is -0.119. The van der Waals surface area contributed by atoms with Gasteiger partial charge in [0.2, 0.25) is 5.91 Å². The summed E-state index contributed by atoms with van der Waals surface area (Å²) in [7, 11) is 0. The highest BCUT2D eigenvalue weighted by Crippen LogP contribution is 2.47. The highest BCUT2D eigenvalue weighted by molar-refractivity contribution is 7.09. The minimum absolute atomic E-state index is 0.0170. The van der Waals surface area contributed by atoms with Crippen molar-refractivity contribution in [2.45, 2.75) is 24.5 Å². The van der Waals surface area contributed by atoms with Crippen LogP contribution in [0.25, 0.3) is 0 Å². The Balaban J connectivity index is 1.73. The van der Waals surface area contributed by atoms with Gasteiger partial charge in [-0.05, 0) is 29.8 Å². The van der Waals surface area contributed by atoms with E-state index < -0.39 is 41.1 Å². The van der Waals surface area contributed by atoms with Crippen LogP contribution in [0.4, 0.5) is 18.0 Å².